The number of carbonyl (C=O) groups is 2. The number of carboxylic acid groups (broad SMARTS) is 1. The van der Waals surface area contributed by atoms with Gasteiger partial charge in [0.05, 0.1) is 18.5 Å². The Balaban J connectivity index is 1.86. The minimum Gasteiger partial charge on any atom is -0.481 e. The molecule has 0 aromatic carbocycles. The van der Waals surface area contributed by atoms with Gasteiger partial charge in [-0.25, -0.2) is 0 Å². The van der Waals surface area contributed by atoms with Crippen LogP contribution < -0.4 is 10.6 Å². The van der Waals surface area contributed by atoms with Crippen LogP contribution in [0, 0.1) is 0 Å². The van der Waals surface area contributed by atoms with Gasteiger partial charge in [-0.05, 0) is 25.7 Å². The first kappa shape index (κ1) is 13.3. The molecule has 2 aliphatic carbocycles. The number of nitrogens with one attached hydrogen (secondary N) is 2. The molecule has 2 saturated carbocycles. The molecule has 0 aromatic rings. The molecule has 102 valence electrons. The maximum absolute atomic E-state index is 11.9. The highest BCUT2D eigenvalue weighted by Gasteiger charge is 2.35. The van der Waals surface area contributed by atoms with Crippen molar-refractivity contribution in [1.82, 2.24) is 10.6 Å². The molecular weight excluding hydrogens is 232 g/mol. The van der Waals surface area contributed by atoms with Crippen LogP contribution in [-0.4, -0.2) is 35.1 Å². The Kier molecular flexibility index (Phi) is 4.22. The molecule has 0 saturated heterocycles. The molecule has 0 aromatic heterocycles. The molecular formula is C13H22N2O3. The monoisotopic (exact) mass is 254 g/mol. The first-order chi connectivity index (χ1) is 8.60. The van der Waals surface area contributed by atoms with Crippen molar-refractivity contribution in [1.29, 1.82) is 0 Å². The summed E-state index contributed by atoms with van der Waals surface area (Å²) >= 11 is 0. The van der Waals surface area contributed by atoms with Crippen molar-refractivity contribution >= 4 is 11.9 Å². The molecule has 2 fully saturated rings. The van der Waals surface area contributed by atoms with E-state index in [9.17, 15) is 9.59 Å². The summed E-state index contributed by atoms with van der Waals surface area (Å²) in [6.45, 7) is 0.312. The fraction of sp³-hybridized carbons (Fsp3) is 0.846. The Morgan fingerprint density at radius 2 is 1.83 bits per heavy atom. The van der Waals surface area contributed by atoms with Crippen molar-refractivity contribution in [2.45, 2.75) is 62.9 Å². The molecule has 1 amide bonds. The lowest BCUT2D eigenvalue weighted by molar-refractivity contribution is -0.139. The van der Waals surface area contributed by atoms with Gasteiger partial charge < -0.3 is 15.7 Å². The van der Waals surface area contributed by atoms with Crippen LogP contribution in [0.3, 0.4) is 0 Å². The van der Waals surface area contributed by atoms with E-state index in [4.69, 9.17) is 5.11 Å². The number of carbonyl (C=O) groups excluding carboxylic acids is 1. The summed E-state index contributed by atoms with van der Waals surface area (Å²) in [5, 5.41) is 15.1. The van der Waals surface area contributed by atoms with E-state index in [0.29, 0.717) is 12.6 Å². The number of rotatable bonds is 6. The zero-order valence-electron chi connectivity index (χ0n) is 10.7. The number of hydrogen-bond acceptors (Lipinski definition) is 3. The Hall–Kier alpha value is -1.10. The highest BCUT2D eigenvalue weighted by atomic mass is 16.4. The molecule has 3 N–H and O–H groups in total. The second-order valence-corrected chi connectivity index (χ2v) is 5.61. The Labute approximate surface area is 107 Å². The number of amides is 1. The average molecular weight is 254 g/mol. The topological polar surface area (TPSA) is 78.4 Å². The van der Waals surface area contributed by atoms with Gasteiger partial charge in [0, 0.05) is 6.04 Å². The van der Waals surface area contributed by atoms with E-state index >= 15 is 0 Å². The van der Waals surface area contributed by atoms with Crippen LogP contribution in [0.4, 0.5) is 0 Å². The van der Waals surface area contributed by atoms with E-state index in [2.05, 4.69) is 10.6 Å². The maximum atomic E-state index is 11.9. The molecule has 5 heteroatoms. The minimum atomic E-state index is -0.827. The second-order valence-electron chi connectivity index (χ2n) is 5.61. The van der Waals surface area contributed by atoms with Gasteiger partial charge in [-0.1, -0.05) is 19.3 Å². The van der Waals surface area contributed by atoms with E-state index in [1.54, 1.807) is 0 Å². The first-order valence-electron chi connectivity index (χ1n) is 6.86. The van der Waals surface area contributed by atoms with Crippen LogP contribution in [0.5, 0.6) is 0 Å². The second kappa shape index (κ2) is 5.69. The lowest BCUT2D eigenvalue weighted by Crippen LogP contribution is -2.53. The third-order valence-corrected chi connectivity index (χ3v) is 3.83. The van der Waals surface area contributed by atoms with Gasteiger partial charge >= 0.3 is 5.97 Å². The highest BCUT2D eigenvalue weighted by molar-refractivity contribution is 5.80. The van der Waals surface area contributed by atoms with Gasteiger partial charge in [0.1, 0.15) is 0 Å². The van der Waals surface area contributed by atoms with Crippen molar-refractivity contribution in [3.8, 4) is 0 Å². The summed E-state index contributed by atoms with van der Waals surface area (Å²) in [5.74, 6) is -0.891. The third-order valence-electron chi connectivity index (χ3n) is 3.83. The van der Waals surface area contributed by atoms with E-state index < -0.39 is 11.5 Å². The number of hydrogen-bond donors (Lipinski definition) is 3. The summed E-state index contributed by atoms with van der Waals surface area (Å²) in [4.78, 5) is 22.8. The Morgan fingerprint density at radius 1 is 1.17 bits per heavy atom. The van der Waals surface area contributed by atoms with Crippen LogP contribution in [-0.2, 0) is 9.59 Å². The standard InChI is InChI=1S/C13H22N2O3/c16-11(9-14-10-4-5-10)15-13(8-12(17)18)6-2-1-3-7-13/h10,14H,1-9H2,(H,15,16)(H,17,18). The molecule has 0 atom stereocenters. The molecule has 5 nitrogen and oxygen atoms in total. The first-order valence-corrected chi connectivity index (χ1v) is 6.86. The summed E-state index contributed by atoms with van der Waals surface area (Å²) in [5.41, 5.74) is -0.508. The van der Waals surface area contributed by atoms with Crippen LogP contribution in [0.1, 0.15) is 51.4 Å². The molecule has 0 aliphatic heterocycles. The fourth-order valence-electron chi connectivity index (χ4n) is 2.73. The lowest BCUT2D eigenvalue weighted by Gasteiger charge is -2.37. The van der Waals surface area contributed by atoms with Crippen LogP contribution >= 0.6 is 0 Å². The van der Waals surface area contributed by atoms with E-state index in [1.807, 2.05) is 0 Å². The smallest absolute Gasteiger partial charge is 0.305 e. The summed E-state index contributed by atoms with van der Waals surface area (Å²) < 4.78 is 0. The van der Waals surface area contributed by atoms with Gasteiger partial charge in [-0.3, -0.25) is 9.59 Å². The fourth-order valence-corrected chi connectivity index (χ4v) is 2.73. The van der Waals surface area contributed by atoms with E-state index in [-0.39, 0.29) is 12.3 Å². The summed E-state index contributed by atoms with van der Waals surface area (Å²) in [6, 6.07) is 0.498. The van der Waals surface area contributed by atoms with Gasteiger partial charge in [-0.15, -0.1) is 0 Å². The molecule has 2 rings (SSSR count). The summed E-state index contributed by atoms with van der Waals surface area (Å²) in [7, 11) is 0. The van der Waals surface area contributed by atoms with Gasteiger partial charge in [0.15, 0.2) is 0 Å². The van der Waals surface area contributed by atoms with Gasteiger partial charge in [-0.2, -0.15) is 0 Å². The van der Waals surface area contributed by atoms with Crippen molar-refractivity contribution in [3.05, 3.63) is 0 Å². The van der Waals surface area contributed by atoms with Crippen molar-refractivity contribution < 1.29 is 14.7 Å². The van der Waals surface area contributed by atoms with E-state index in [0.717, 1.165) is 44.9 Å². The van der Waals surface area contributed by atoms with E-state index in [1.165, 1.54) is 0 Å². The van der Waals surface area contributed by atoms with Crippen molar-refractivity contribution in [3.63, 3.8) is 0 Å². The van der Waals surface area contributed by atoms with Gasteiger partial charge in [0.2, 0.25) is 5.91 Å². The molecule has 0 heterocycles. The minimum absolute atomic E-state index is 0.0438. The van der Waals surface area contributed by atoms with Crippen molar-refractivity contribution in [2.75, 3.05) is 6.54 Å². The number of carboxylic acids is 1. The third kappa shape index (κ3) is 3.98. The normalized spacial score (nSPS) is 22.4. The molecule has 0 spiro atoms. The molecule has 18 heavy (non-hydrogen) atoms. The SMILES string of the molecule is O=C(O)CC1(NC(=O)CNC2CC2)CCCCC1. The maximum Gasteiger partial charge on any atom is 0.305 e. The molecule has 0 radical (unpaired) electrons. The van der Waals surface area contributed by atoms with Crippen LogP contribution in [0.2, 0.25) is 0 Å². The van der Waals surface area contributed by atoms with Gasteiger partial charge in [0.25, 0.3) is 0 Å². The Bertz CT molecular complexity index is 320. The Morgan fingerprint density at radius 3 is 2.39 bits per heavy atom. The molecule has 0 unspecified atom stereocenters. The predicted octanol–water partition coefficient (Wildman–Crippen LogP) is 1.03. The van der Waals surface area contributed by atoms with Crippen molar-refractivity contribution in [2.24, 2.45) is 0 Å². The zero-order valence-corrected chi connectivity index (χ0v) is 10.7. The predicted molar refractivity (Wildman–Crippen MR) is 67.2 cm³/mol. The van der Waals surface area contributed by atoms with Crippen LogP contribution in [0.15, 0.2) is 0 Å². The molecule has 0 bridgehead atoms. The average Bonchev–Trinajstić information content (AvgIpc) is 3.10. The molecule has 2 aliphatic rings. The quantitative estimate of drug-likeness (QED) is 0.661. The number of aliphatic carboxylic acids is 1. The lowest BCUT2D eigenvalue weighted by atomic mass is 9.79. The zero-order chi connectivity index (χ0) is 13.0. The largest absolute Gasteiger partial charge is 0.481 e. The summed E-state index contributed by atoms with van der Waals surface area (Å²) in [6.07, 6.45) is 7.05. The highest BCUT2D eigenvalue weighted by Crippen LogP contribution is 2.31. The van der Waals surface area contributed by atoms with Crippen LogP contribution in [0.25, 0.3) is 0 Å².